The van der Waals surface area contributed by atoms with Crippen LogP contribution in [0, 0.1) is 0 Å². The van der Waals surface area contributed by atoms with E-state index < -0.39 is 13.8 Å². The van der Waals surface area contributed by atoms with Gasteiger partial charge in [0.15, 0.2) is 0 Å². The van der Waals surface area contributed by atoms with Gasteiger partial charge in [0, 0.05) is 0 Å². The van der Waals surface area contributed by atoms with Crippen molar-refractivity contribution in [3.8, 4) is 0 Å². The SMILES string of the molecule is O=[CH][Mo]([CH]=O)([CH]=O)([CH]=O)([CH]=O)[NH]Cc1ccccc1. The molecule has 1 N–H and O–H groups in total. The summed E-state index contributed by atoms with van der Waals surface area (Å²) in [6.45, 7) is -0.111. The second-order valence-electron chi connectivity index (χ2n) is 4.24. The number of nitrogens with one attached hydrogen (secondary N) is 1. The van der Waals surface area contributed by atoms with Crippen LogP contribution in [0.5, 0.6) is 0 Å². The van der Waals surface area contributed by atoms with E-state index >= 15 is 0 Å². The molecule has 0 bridgehead atoms. The van der Waals surface area contributed by atoms with Crippen molar-refractivity contribution in [2.75, 3.05) is 0 Å². The fourth-order valence-electron chi connectivity index (χ4n) is 1.28. The van der Waals surface area contributed by atoms with Crippen LogP contribution in [0.2, 0.25) is 0 Å². The third-order valence-corrected chi connectivity index (χ3v) is 11.9. The Bertz CT molecular complexity index is 483. The predicted octanol–water partition coefficient (Wildman–Crippen LogP) is -0.132. The molecule has 0 atom stereocenters. The van der Waals surface area contributed by atoms with Crippen LogP contribution in [-0.2, 0) is 44.3 Å². The summed E-state index contributed by atoms with van der Waals surface area (Å²) in [4.78, 5) is 56.6. The van der Waals surface area contributed by atoms with E-state index in [1.54, 1.807) is 30.3 Å². The van der Waals surface area contributed by atoms with Gasteiger partial charge in [-0.2, -0.15) is 0 Å². The van der Waals surface area contributed by atoms with Gasteiger partial charge in [0.2, 0.25) is 0 Å². The molecule has 0 aromatic heterocycles. The molecule has 0 fully saturated rings. The van der Waals surface area contributed by atoms with Crippen molar-refractivity contribution >= 4 is 23.4 Å². The Morgan fingerprint density at radius 2 is 1.21 bits per heavy atom. The zero-order valence-corrected chi connectivity index (χ0v) is 11.9. The molecule has 0 spiro atoms. The van der Waals surface area contributed by atoms with Gasteiger partial charge in [0.25, 0.3) is 0 Å². The first kappa shape index (κ1) is 15.3. The molecule has 0 heterocycles. The quantitative estimate of drug-likeness (QED) is 0.520. The Kier molecular flexibility index (Phi) is 3.79. The van der Waals surface area contributed by atoms with Gasteiger partial charge in [-0.3, -0.25) is 0 Å². The number of hydrogen-bond donors (Lipinski definition) is 1. The molecule has 0 aliphatic rings. The monoisotopic (exact) mass is 349 g/mol. The molecule has 1 aromatic rings. The summed E-state index contributed by atoms with van der Waals surface area (Å²) < 4.78 is 1.91. The number of hydrogen-bond acceptors (Lipinski definition) is 6. The van der Waals surface area contributed by atoms with Gasteiger partial charge in [-0.25, -0.2) is 0 Å². The van der Waals surface area contributed by atoms with Crippen molar-refractivity contribution in [2.24, 2.45) is 0 Å². The van der Waals surface area contributed by atoms with E-state index in [4.69, 9.17) is 0 Å². The number of rotatable bonds is 8. The van der Waals surface area contributed by atoms with Gasteiger partial charge in [-0.15, -0.1) is 0 Å². The molecule has 0 unspecified atom stereocenters. The second kappa shape index (κ2) is 4.72. The number of carbonyl (C=O) groups excluding carboxylic acids is 5. The van der Waals surface area contributed by atoms with Crippen molar-refractivity contribution in [1.82, 2.24) is 3.88 Å². The van der Waals surface area contributed by atoms with E-state index in [0.717, 1.165) is 0 Å². The van der Waals surface area contributed by atoms with Gasteiger partial charge < -0.3 is 0 Å². The summed E-state index contributed by atoms with van der Waals surface area (Å²) >= 11 is -6.49. The van der Waals surface area contributed by atoms with Crippen molar-refractivity contribution in [3.63, 3.8) is 0 Å². The van der Waals surface area contributed by atoms with E-state index in [1.165, 1.54) is 0 Å². The summed E-state index contributed by atoms with van der Waals surface area (Å²) in [5, 5.41) is 0. The molecule has 1 aromatic carbocycles. The van der Waals surface area contributed by atoms with E-state index in [0.29, 0.717) is 5.56 Å². The summed E-state index contributed by atoms with van der Waals surface area (Å²) in [5.41, 5.74) is 0.631. The fourth-order valence-corrected chi connectivity index (χ4v) is 4.67. The van der Waals surface area contributed by atoms with Gasteiger partial charge in [0.05, 0.1) is 0 Å². The Morgan fingerprint density at radius 3 is 1.58 bits per heavy atom. The fraction of sp³-hybridized carbons (Fsp3) is 0.0833. The predicted molar refractivity (Wildman–Crippen MR) is 67.0 cm³/mol. The molecule has 7 heteroatoms. The van der Waals surface area contributed by atoms with Crippen molar-refractivity contribution in [1.29, 1.82) is 0 Å². The first-order chi connectivity index (χ1) is 8.99. The Hall–Kier alpha value is -1.78. The van der Waals surface area contributed by atoms with Crippen LogP contribution >= 0.6 is 0 Å². The van der Waals surface area contributed by atoms with Crippen molar-refractivity contribution in [3.05, 3.63) is 35.9 Å². The molecular weight excluding hydrogens is 334 g/mol. The maximum atomic E-state index is 11.3. The summed E-state index contributed by atoms with van der Waals surface area (Å²) in [5.74, 6) is 0. The molecule has 6 nitrogen and oxygen atoms in total. The molecule has 0 aliphatic carbocycles. The first-order valence-electron chi connectivity index (χ1n) is 5.18. The average molecular weight is 347 g/mol. The summed E-state index contributed by atoms with van der Waals surface area (Å²) in [6.07, 6.45) is 0. The molecular formula is C12H13MoNO5. The number of carbonyl (C=O) groups is 5. The van der Waals surface area contributed by atoms with E-state index in [2.05, 4.69) is 3.88 Å². The first-order valence-corrected chi connectivity index (χ1v) is 12.0. The van der Waals surface area contributed by atoms with Gasteiger partial charge >= 0.3 is 107 Å². The molecule has 0 aliphatic heterocycles. The third-order valence-electron chi connectivity index (χ3n) is 2.89. The normalized spacial score (nSPS) is 14.5. The molecule has 0 amide bonds. The summed E-state index contributed by atoms with van der Waals surface area (Å²) in [7, 11) is 0. The topological polar surface area (TPSA) is 97.4 Å². The Balaban J connectivity index is 3.32. The summed E-state index contributed by atoms with van der Waals surface area (Å²) in [6, 6.07) is 8.49. The van der Waals surface area contributed by atoms with Crippen molar-refractivity contribution < 1.29 is 37.8 Å². The molecule has 19 heavy (non-hydrogen) atoms. The van der Waals surface area contributed by atoms with Crippen LogP contribution in [0.3, 0.4) is 0 Å². The molecule has 0 radical (unpaired) electrons. The molecule has 102 valence electrons. The molecule has 0 saturated heterocycles. The minimum absolute atomic E-state index is 0.0926. The van der Waals surface area contributed by atoms with Gasteiger partial charge in [-0.05, 0) is 0 Å². The van der Waals surface area contributed by atoms with Gasteiger partial charge in [0.1, 0.15) is 0 Å². The van der Waals surface area contributed by atoms with Crippen LogP contribution in [-0.4, -0.2) is 23.4 Å². The molecule has 0 saturated carbocycles. The zero-order chi connectivity index (χ0) is 14.5. The van der Waals surface area contributed by atoms with E-state index in [-0.39, 0.29) is 29.9 Å². The maximum absolute atomic E-state index is 11.3. The number of benzene rings is 1. The van der Waals surface area contributed by atoms with Crippen LogP contribution in [0.25, 0.3) is 0 Å². The minimum atomic E-state index is -6.49. The second-order valence-corrected chi connectivity index (χ2v) is 16.9. The van der Waals surface area contributed by atoms with Crippen LogP contribution in [0.4, 0.5) is 0 Å². The Morgan fingerprint density at radius 1 is 0.789 bits per heavy atom. The van der Waals surface area contributed by atoms with E-state index in [9.17, 15) is 24.0 Å². The van der Waals surface area contributed by atoms with Crippen molar-refractivity contribution in [2.45, 2.75) is 6.54 Å². The molecule has 1 rings (SSSR count). The van der Waals surface area contributed by atoms with Crippen LogP contribution < -0.4 is 3.88 Å². The zero-order valence-electron chi connectivity index (χ0n) is 9.93. The van der Waals surface area contributed by atoms with Gasteiger partial charge in [-0.1, -0.05) is 0 Å². The van der Waals surface area contributed by atoms with Crippen LogP contribution in [0.15, 0.2) is 30.3 Å². The van der Waals surface area contributed by atoms with Crippen LogP contribution in [0.1, 0.15) is 5.56 Å². The third kappa shape index (κ3) is 2.13. The Labute approximate surface area is 108 Å². The standard InChI is InChI=1S/C7H8N.5CHO.Mo/c8-6-7-4-2-1-3-5-7;5*1-2;/h1-5,8H,6H2;5*1H;/q-1;;;;;;+1. The van der Waals surface area contributed by atoms with E-state index in [1.807, 2.05) is 0 Å². The average Bonchev–Trinajstić information content (AvgIpc) is 2.53.